The third-order valence-electron chi connectivity index (χ3n) is 10.1. The maximum absolute atomic E-state index is 12.1. The molecule has 1 saturated heterocycles. The van der Waals surface area contributed by atoms with Crippen molar-refractivity contribution < 1.29 is 4.79 Å². The van der Waals surface area contributed by atoms with E-state index >= 15 is 0 Å². The lowest BCUT2D eigenvalue weighted by Gasteiger charge is -2.60. The normalized spacial score (nSPS) is 45.1. The summed E-state index contributed by atoms with van der Waals surface area (Å²) in [5.74, 6) is 5.33. The van der Waals surface area contributed by atoms with Crippen LogP contribution in [0.15, 0.2) is 11.8 Å². The number of carbonyl (C=O) groups is 1. The molecule has 0 aromatic rings. The van der Waals surface area contributed by atoms with Crippen LogP contribution in [-0.4, -0.2) is 11.8 Å². The topological polar surface area (TPSA) is 29.1 Å². The Morgan fingerprint density at radius 1 is 1.07 bits per heavy atom. The molecule has 1 unspecified atom stereocenters. The van der Waals surface area contributed by atoms with Crippen LogP contribution in [0.25, 0.3) is 0 Å². The minimum Gasteiger partial charge on any atom is -0.385 e. The maximum atomic E-state index is 12.1. The van der Waals surface area contributed by atoms with Crippen LogP contribution in [0.3, 0.4) is 0 Å². The fourth-order valence-electron chi connectivity index (χ4n) is 8.51. The number of fused-ring (bicyclic) bond motifs is 5. The van der Waals surface area contributed by atoms with E-state index in [2.05, 4.69) is 46.9 Å². The fourth-order valence-corrected chi connectivity index (χ4v) is 8.51. The van der Waals surface area contributed by atoms with Crippen molar-refractivity contribution in [3.8, 4) is 0 Å². The van der Waals surface area contributed by atoms with E-state index < -0.39 is 0 Å². The van der Waals surface area contributed by atoms with E-state index in [1.54, 1.807) is 0 Å². The number of piperidine rings is 1. The zero-order valence-electron chi connectivity index (χ0n) is 19.9. The molecule has 0 spiro atoms. The average Bonchev–Trinajstić information content (AvgIpc) is 3.00. The fraction of sp³-hybridized carbons (Fsp3) is 0.889. The van der Waals surface area contributed by atoms with Crippen molar-refractivity contribution in [2.75, 3.05) is 0 Å². The summed E-state index contributed by atoms with van der Waals surface area (Å²) in [6.45, 7) is 14.8. The molecule has 2 nitrogen and oxygen atoms in total. The molecule has 164 valence electrons. The molecule has 4 rings (SSSR count). The first kappa shape index (κ1) is 21.4. The summed E-state index contributed by atoms with van der Waals surface area (Å²) >= 11 is 0. The molecule has 0 aromatic heterocycles. The third-order valence-corrected chi connectivity index (χ3v) is 10.1. The molecule has 3 fully saturated rings. The Morgan fingerprint density at radius 3 is 2.55 bits per heavy atom. The lowest BCUT2D eigenvalue weighted by Crippen LogP contribution is -2.60. The van der Waals surface area contributed by atoms with Crippen LogP contribution in [-0.2, 0) is 4.79 Å². The Morgan fingerprint density at radius 2 is 1.83 bits per heavy atom. The highest BCUT2D eigenvalue weighted by Crippen LogP contribution is 2.66. The van der Waals surface area contributed by atoms with Crippen molar-refractivity contribution in [3.63, 3.8) is 0 Å². The zero-order chi connectivity index (χ0) is 21.0. The van der Waals surface area contributed by atoms with Gasteiger partial charge in [0.1, 0.15) is 0 Å². The highest BCUT2D eigenvalue weighted by atomic mass is 16.1. The Balaban J connectivity index is 1.54. The smallest absolute Gasteiger partial charge is 0.157 e. The highest BCUT2D eigenvalue weighted by molar-refractivity contribution is 5.91. The molecule has 8 atom stereocenters. The van der Waals surface area contributed by atoms with E-state index in [0.717, 1.165) is 48.3 Å². The number of hydrogen-bond acceptors (Lipinski definition) is 2. The van der Waals surface area contributed by atoms with Gasteiger partial charge in [-0.1, -0.05) is 53.9 Å². The summed E-state index contributed by atoms with van der Waals surface area (Å²) in [6.07, 6.45) is 13.6. The first-order chi connectivity index (χ1) is 13.7. The second-order valence-corrected chi connectivity index (χ2v) is 12.2. The molecule has 2 saturated carbocycles. The van der Waals surface area contributed by atoms with Gasteiger partial charge in [0.15, 0.2) is 5.78 Å². The van der Waals surface area contributed by atoms with Gasteiger partial charge in [-0.25, -0.2) is 0 Å². The molecule has 1 aliphatic heterocycles. The van der Waals surface area contributed by atoms with Gasteiger partial charge >= 0.3 is 0 Å². The van der Waals surface area contributed by atoms with E-state index in [1.807, 2.05) is 6.08 Å². The van der Waals surface area contributed by atoms with E-state index in [0.29, 0.717) is 17.2 Å². The molecule has 1 heterocycles. The first-order valence-corrected chi connectivity index (χ1v) is 12.7. The lowest BCUT2D eigenvalue weighted by molar-refractivity contribution is -0.118. The summed E-state index contributed by atoms with van der Waals surface area (Å²) < 4.78 is 0. The number of carbonyl (C=O) groups excluding carboxylic acids is 1. The van der Waals surface area contributed by atoms with Crippen molar-refractivity contribution >= 4 is 5.78 Å². The number of allylic oxidation sites excluding steroid dienone is 2. The van der Waals surface area contributed by atoms with Gasteiger partial charge in [-0.3, -0.25) is 4.79 Å². The summed E-state index contributed by atoms with van der Waals surface area (Å²) in [6, 6.07) is 0.504. The molecule has 0 amide bonds. The SMILES string of the molecule is CC(C)CCC[C@@H](C)[C@H]1CC[C@H]2[C@@H]3C(C)NC4=CC(=O)CC[C@]4(C)[C@H]3CC[C@]12C. The Kier molecular flexibility index (Phi) is 5.71. The van der Waals surface area contributed by atoms with E-state index in [9.17, 15) is 4.79 Å². The van der Waals surface area contributed by atoms with Gasteiger partial charge in [-0.2, -0.15) is 0 Å². The molecular weight excluding hydrogens is 354 g/mol. The summed E-state index contributed by atoms with van der Waals surface area (Å²) in [5, 5.41) is 3.85. The predicted octanol–water partition coefficient (Wildman–Crippen LogP) is 6.75. The van der Waals surface area contributed by atoms with Crippen LogP contribution in [0, 0.1) is 46.3 Å². The van der Waals surface area contributed by atoms with Crippen LogP contribution in [0.5, 0.6) is 0 Å². The van der Waals surface area contributed by atoms with Crippen molar-refractivity contribution in [1.29, 1.82) is 0 Å². The number of ketones is 1. The van der Waals surface area contributed by atoms with Crippen molar-refractivity contribution in [3.05, 3.63) is 11.8 Å². The highest BCUT2D eigenvalue weighted by Gasteiger charge is 2.61. The third kappa shape index (κ3) is 3.51. The molecule has 0 radical (unpaired) electrons. The summed E-state index contributed by atoms with van der Waals surface area (Å²) in [4.78, 5) is 12.1. The van der Waals surface area contributed by atoms with Gasteiger partial charge in [-0.15, -0.1) is 0 Å². The molecular formula is C27H45NO. The van der Waals surface area contributed by atoms with Crippen LogP contribution < -0.4 is 5.32 Å². The van der Waals surface area contributed by atoms with E-state index in [4.69, 9.17) is 0 Å². The van der Waals surface area contributed by atoms with Crippen molar-refractivity contribution in [1.82, 2.24) is 5.32 Å². The second kappa shape index (κ2) is 7.72. The maximum Gasteiger partial charge on any atom is 0.157 e. The summed E-state index contributed by atoms with van der Waals surface area (Å²) in [5.41, 5.74) is 1.99. The van der Waals surface area contributed by atoms with Gasteiger partial charge in [-0.05, 0) is 80.0 Å². The molecule has 3 aliphatic carbocycles. The molecule has 0 aromatic carbocycles. The predicted molar refractivity (Wildman–Crippen MR) is 121 cm³/mol. The molecule has 0 bridgehead atoms. The van der Waals surface area contributed by atoms with Crippen LogP contribution in [0.4, 0.5) is 0 Å². The van der Waals surface area contributed by atoms with Crippen LogP contribution in [0.2, 0.25) is 0 Å². The van der Waals surface area contributed by atoms with Gasteiger partial charge in [0.25, 0.3) is 0 Å². The Bertz CT molecular complexity index is 665. The van der Waals surface area contributed by atoms with Crippen molar-refractivity contribution in [2.24, 2.45) is 46.3 Å². The number of hydrogen-bond donors (Lipinski definition) is 1. The van der Waals surface area contributed by atoms with Crippen LogP contribution in [0.1, 0.15) is 99.3 Å². The molecule has 2 heteroatoms. The first-order valence-electron chi connectivity index (χ1n) is 12.7. The number of nitrogens with one attached hydrogen (secondary N) is 1. The Labute approximate surface area is 179 Å². The van der Waals surface area contributed by atoms with E-state index in [-0.39, 0.29) is 5.41 Å². The van der Waals surface area contributed by atoms with E-state index in [1.165, 1.54) is 50.6 Å². The minimum atomic E-state index is 0.202. The van der Waals surface area contributed by atoms with Crippen LogP contribution >= 0.6 is 0 Å². The quantitative estimate of drug-likeness (QED) is 0.554. The second-order valence-electron chi connectivity index (χ2n) is 12.2. The average molecular weight is 400 g/mol. The summed E-state index contributed by atoms with van der Waals surface area (Å²) in [7, 11) is 0. The van der Waals surface area contributed by atoms with Gasteiger partial charge in [0, 0.05) is 29.7 Å². The number of rotatable bonds is 5. The molecule has 29 heavy (non-hydrogen) atoms. The standard InChI is InChI=1S/C27H45NO/c1-17(2)8-7-9-18(3)21-10-11-22-25-19(4)28-24-16-20(29)12-14-27(24,6)23(25)13-15-26(21,22)5/h16-19,21-23,25,28H,7-15H2,1-6H3/t18-,19?,21-,22+,23+,25+,26-,27-/m1/s1. The molecule has 1 N–H and O–H groups in total. The molecule has 4 aliphatic rings. The minimum absolute atomic E-state index is 0.202. The van der Waals surface area contributed by atoms with Gasteiger partial charge < -0.3 is 5.32 Å². The monoisotopic (exact) mass is 399 g/mol. The van der Waals surface area contributed by atoms with Gasteiger partial charge in [0.05, 0.1) is 0 Å². The zero-order valence-corrected chi connectivity index (χ0v) is 19.9. The largest absolute Gasteiger partial charge is 0.385 e. The van der Waals surface area contributed by atoms with Gasteiger partial charge in [0.2, 0.25) is 0 Å². The van der Waals surface area contributed by atoms with Crippen molar-refractivity contribution in [2.45, 2.75) is 105 Å². The Hall–Kier alpha value is -0.790. The lowest BCUT2D eigenvalue weighted by atomic mass is 9.48.